The van der Waals surface area contributed by atoms with Crippen LogP contribution >= 0.6 is 0 Å². The Kier molecular flexibility index (Phi) is 14.7. The molecule has 0 aliphatic carbocycles. The minimum atomic E-state index is -0.0970. The Morgan fingerprint density at radius 2 is 1.12 bits per heavy atom. The van der Waals surface area contributed by atoms with Crippen LogP contribution in [0.15, 0.2) is 46.6 Å². The van der Waals surface area contributed by atoms with Gasteiger partial charge in [-0.05, 0) is 86.5 Å². The van der Waals surface area contributed by atoms with Crippen molar-refractivity contribution in [3.8, 4) is 0 Å². The first kappa shape index (κ1) is 24.4. The molecule has 0 aliphatic heterocycles. The molecule has 0 fully saturated rings. The van der Waals surface area contributed by atoms with Gasteiger partial charge in [0.15, 0.2) is 0 Å². The Morgan fingerprint density at radius 3 is 1.62 bits per heavy atom. The van der Waals surface area contributed by atoms with E-state index in [-0.39, 0.29) is 5.97 Å². The number of carbonyl (C=O) groups is 1. The molecule has 0 saturated heterocycles. The third kappa shape index (κ3) is 15.9. The van der Waals surface area contributed by atoms with Crippen LogP contribution in [0.25, 0.3) is 0 Å². The van der Waals surface area contributed by atoms with Gasteiger partial charge in [-0.25, -0.2) is 0 Å². The van der Waals surface area contributed by atoms with Gasteiger partial charge in [-0.3, -0.25) is 4.79 Å². The Bertz CT molecular complexity index is 514. The van der Waals surface area contributed by atoms with Gasteiger partial charge in [0.1, 0.15) is 0 Å². The minimum absolute atomic E-state index is 0.0970. The molecular formula is C24H40O2. The largest absolute Gasteiger partial charge is 0.466 e. The van der Waals surface area contributed by atoms with Crippen molar-refractivity contribution in [3.05, 3.63) is 46.6 Å². The topological polar surface area (TPSA) is 26.3 Å². The summed E-state index contributed by atoms with van der Waals surface area (Å²) in [4.78, 5) is 11.3. The summed E-state index contributed by atoms with van der Waals surface area (Å²) >= 11 is 0. The van der Waals surface area contributed by atoms with E-state index in [4.69, 9.17) is 4.74 Å². The molecule has 0 spiro atoms. The van der Waals surface area contributed by atoms with Crippen molar-refractivity contribution >= 4 is 5.97 Å². The van der Waals surface area contributed by atoms with Crippen molar-refractivity contribution in [2.75, 3.05) is 6.61 Å². The summed E-state index contributed by atoms with van der Waals surface area (Å²) < 4.78 is 4.95. The molecule has 0 aliphatic rings. The van der Waals surface area contributed by atoms with Gasteiger partial charge in [0, 0.05) is 6.42 Å². The van der Waals surface area contributed by atoms with E-state index in [2.05, 4.69) is 58.9 Å². The first-order chi connectivity index (χ1) is 12.3. The lowest BCUT2D eigenvalue weighted by Crippen LogP contribution is -2.03. The molecule has 0 unspecified atom stereocenters. The van der Waals surface area contributed by atoms with Crippen LogP contribution in [0.4, 0.5) is 0 Å². The fourth-order valence-corrected chi connectivity index (χ4v) is 2.63. The van der Waals surface area contributed by atoms with Gasteiger partial charge in [0.25, 0.3) is 0 Å². The maximum absolute atomic E-state index is 11.3. The number of hydrogen-bond acceptors (Lipinski definition) is 2. The molecule has 0 N–H and O–H groups in total. The molecule has 0 saturated carbocycles. The van der Waals surface area contributed by atoms with E-state index in [0.29, 0.717) is 13.0 Å². The summed E-state index contributed by atoms with van der Waals surface area (Å²) in [7, 11) is 0. The van der Waals surface area contributed by atoms with Crippen LogP contribution in [0.3, 0.4) is 0 Å². The Hall–Kier alpha value is -1.57. The van der Waals surface area contributed by atoms with Crippen LogP contribution in [0.1, 0.15) is 92.9 Å². The van der Waals surface area contributed by atoms with Crippen LogP contribution in [-0.4, -0.2) is 12.6 Å². The van der Waals surface area contributed by atoms with Crippen molar-refractivity contribution in [1.29, 1.82) is 0 Å². The zero-order valence-corrected chi connectivity index (χ0v) is 18.0. The van der Waals surface area contributed by atoms with E-state index >= 15 is 0 Å². The van der Waals surface area contributed by atoms with E-state index < -0.39 is 0 Å². The Balaban J connectivity index is 3.98. The highest BCUT2D eigenvalue weighted by Gasteiger charge is 2.01. The highest BCUT2D eigenvalue weighted by atomic mass is 16.5. The molecule has 0 aromatic carbocycles. The molecule has 148 valence electrons. The molecule has 2 nitrogen and oxygen atoms in total. The first-order valence-electron chi connectivity index (χ1n) is 10.1. The molecule has 0 rings (SSSR count). The van der Waals surface area contributed by atoms with Gasteiger partial charge < -0.3 is 4.74 Å². The lowest BCUT2D eigenvalue weighted by molar-refractivity contribution is -0.143. The normalized spacial score (nSPS) is 12.9. The van der Waals surface area contributed by atoms with Gasteiger partial charge in [-0.15, -0.1) is 0 Å². The van der Waals surface area contributed by atoms with Gasteiger partial charge >= 0.3 is 5.97 Å². The van der Waals surface area contributed by atoms with Crippen LogP contribution in [0.2, 0.25) is 0 Å². The summed E-state index contributed by atoms with van der Waals surface area (Å²) in [6, 6.07) is 0. The Morgan fingerprint density at radius 1 is 0.654 bits per heavy atom. The third-order valence-corrected chi connectivity index (χ3v) is 4.30. The number of allylic oxidation sites excluding steroid dienone is 8. The van der Waals surface area contributed by atoms with Gasteiger partial charge in [-0.1, -0.05) is 46.6 Å². The lowest BCUT2D eigenvalue weighted by Gasteiger charge is -2.03. The summed E-state index contributed by atoms with van der Waals surface area (Å²) in [6.45, 7) is 13.2. The number of unbranched alkanes of at least 4 members (excludes halogenated alkanes) is 1. The number of rotatable bonds is 13. The molecule has 26 heavy (non-hydrogen) atoms. The monoisotopic (exact) mass is 360 g/mol. The molecular weight excluding hydrogens is 320 g/mol. The quantitative estimate of drug-likeness (QED) is 0.193. The van der Waals surface area contributed by atoms with E-state index in [1.54, 1.807) is 0 Å². The SMILES string of the molecule is CCOC(=O)CC/C(C)=C/CC/C=C(\C)CC/C=C(\C)CCC=C(C)C. The van der Waals surface area contributed by atoms with Gasteiger partial charge in [0.05, 0.1) is 6.61 Å². The zero-order chi connectivity index (χ0) is 19.8. The highest BCUT2D eigenvalue weighted by Crippen LogP contribution is 2.13. The second-order valence-corrected chi connectivity index (χ2v) is 7.39. The fourth-order valence-electron chi connectivity index (χ4n) is 2.63. The summed E-state index contributed by atoms with van der Waals surface area (Å²) in [5, 5.41) is 0. The van der Waals surface area contributed by atoms with Crippen molar-refractivity contribution < 1.29 is 9.53 Å². The summed E-state index contributed by atoms with van der Waals surface area (Å²) in [6.07, 6.45) is 17.3. The van der Waals surface area contributed by atoms with Crippen LogP contribution < -0.4 is 0 Å². The van der Waals surface area contributed by atoms with Crippen molar-refractivity contribution in [2.24, 2.45) is 0 Å². The predicted octanol–water partition coefficient (Wildman–Crippen LogP) is 7.48. The number of esters is 1. The predicted molar refractivity (Wildman–Crippen MR) is 114 cm³/mol. The molecule has 2 heteroatoms. The molecule has 0 radical (unpaired) electrons. The van der Waals surface area contributed by atoms with E-state index in [1.165, 1.54) is 28.7 Å². The van der Waals surface area contributed by atoms with Crippen LogP contribution in [0.5, 0.6) is 0 Å². The smallest absolute Gasteiger partial charge is 0.306 e. The lowest BCUT2D eigenvalue weighted by atomic mass is 10.0. The van der Waals surface area contributed by atoms with Crippen molar-refractivity contribution in [2.45, 2.75) is 92.9 Å². The van der Waals surface area contributed by atoms with Crippen LogP contribution in [-0.2, 0) is 9.53 Å². The second-order valence-electron chi connectivity index (χ2n) is 7.39. The molecule has 0 bridgehead atoms. The third-order valence-electron chi connectivity index (χ3n) is 4.30. The Labute approximate surface area is 162 Å². The summed E-state index contributed by atoms with van der Waals surface area (Å²) in [5.41, 5.74) is 5.65. The molecule has 0 heterocycles. The summed E-state index contributed by atoms with van der Waals surface area (Å²) in [5.74, 6) is -0.0970. The van der Waals surface area contributed by atoms with E-state index in [0.717, 1.165) is 38.5 Å². The van der Waals surface area contributed by atoms with E-state index in [9.17, 15) is 4.79 Å². The fraction of sp³-hybridized carbons (Fsp3) is 0.625. The van der Waals surface area contributed by atoms with Crippen molar-refractivity contribution in [3.63, 3.8) is 0 Å². The first-order valence-corrected chi connectivity index (χ1v) is 10.1. The van der Waals surface area contributed by atoms with Gasteiger partial charge in [0.2, 0.25) is 0 Å². The number of ether oxygens (including phenoxy) is 1. The molecule has 0 aromatic rings. The minimum Gasteiger partial charge on any atom is -0.466 e. The van der Waals surface area contributed by atoms with E-state index in [1.807, 2.05) is 6.92 Å². The highest BCUT2D eigenvalue weighted by molar-refractivity contribution is 5.69. The maximum Gasteiger partial charge on any atom is 0.306 e. The molecule has 0 aromatic heterocycles. The zero-order valence-electron chi connectivity index (χ0n) is 18.0. The maximum atomic E-state index is 11.3. The number of carbonyl (C=O) groups excluding carboxylic acids is 1. The van der Waals surface area contributed by atoms with Crippen LogP contribution in [0, 0.1) is 0 Å². The average Bonchev–Trinajstić information content (AvgIpc) is 2.57. The number of hydrogen-bond donors (Lipinski definition) is 0. The average molecular weight is 361 g/mol. The standard InChI is InChI=1S/C24H40O2/c1-7-26-24(25)19-18-23(6)14-9-8-13-21(4)16-11-17-22(5)15-10-12-20(2)3/h12-14,17H,7-11,15-16,18-19H2,1-6H3/b21-13+,22-17+,23-14+. The second kappa shape index (κ2) is 15.7. The van der Waals surface area contributed by atoms with Crippen molar-refractivity contribution in [1.82, 2.24) is 0 Å². The molecule has 0 amide bonds. The molecule has 0 atom stereocenters. The van der Waals surface area contributed by atoms with Gasteiger partial charge in [-0.2, -0.15) is 0 Å².